The van der Waals surface area contributed by atoms with Gasteiger partial charge in [0.05, 0.1) is 5.02 Å². The van der Waals surface area contributed by atoms with Crippen LogP contribution in [-0.2, 0) is 0 Å². The molecule has 0 amide bonds. The predicted molar refractivity (Wildman–Crippen MR) is 54.9 cm³/mol. The minimum absolute atomic E-state index is 0.669. The quantitative estimate of drug-likeness (QED) is 0.729. The normalized spacial score (nSPS) is 8.42. The highest BCUT2D eigenvalue weighted by molar-refractivity contribution is 6.32. The molecule has 2 nitrogen and oxygen atoms in total. The van der Waals surface area contributed by atoms with Crippen LogP contribution in [0.1, 0.15) is 19.4 Å². The second-order valence-corrected chi connectivity index (χ2v) is 2.50. The van der Waals surface area contributed by atoms with E-state index in [-0.39, 0.29) is 0 Å². The molecule has 1 aromatic rings. The Morgan fingerprint density at radius 1 is 1.42 bits per heavy atom. The average Bonchev–Trinajstić information content (AvgIpc) is 2.08. The zero-order valence-corrected chi connectivity index (χ0v) is 8.74. The Labute approximate surface area is 79.0 Å². The summed E-state index contributed by atoms with van der Waals surface area (Å²) in [6, 6.07) is 1.88. The number of nitrogens with one attached hydrogen (secondary N) is 1. The first-order chi connectivity index (χ1) is 5.74. The molecule has 0 radical (unpaired) electrons. The van der Waals surface area contributed by atoms with E-state index >= 15 is 0 Å². The molecule has 1 aromatic heterocycles. The fourth-order valence-electron chi connectivity index (χ4n) is 0.718. The summed E-state index contributed by atoms with van der Waals surface area (Å²) < 4.78 is 0. The van der Waals surface area contributed by atoms with Gasteiger partial charge in [0.2, 0.25) is 0 Å². The topological polar surface area (TPSA) is 24.9 Å². The lowest BCUT2D eigenvalue weighted by atomic mass is 10.3. The number of hydrogen-bond donors (Lipinski definition) is 1. The Kier molecular flexibility index (Phi) is 5.47. The van der Waals surface area contributed by atoms with Gasteiger partial charge in [0.1, 0.15) is 5.82 Å². The molecular formula is C9H15ClN2. The second kappa shape index (κ2) is 5.84. The maximum atomic E-state index is 5.80. The fraction of sp³-hybridized carbons (Fsp3) is 0.444. The molecule has 0 spiro atoms. The van der Waals surface area contributed by atoms with Gasteiger partial charge in [-0.15, -0.1) is 0 Å². The van der Waals surface area contributed by atoms with Crippen LogP contribution in [0.15, 0.2) is 12.3 Å². The predicted octanol–water partition coefficient (Wildman–Crippen LogP) is 3.11. The van der Waals surface area contributed by atoms with Gasteiger partial charge in [-0.2, -0.15) is 0 Å². The summed E-state index contributed by atoms with van der Waals surface area (Å²) in [6.45, 7) is 5.96. The van der Waals surface area contributed by atoms with E-state index in [4.69, 9.17) is 11.6 Å². The van der Waals surface area contributed by atoms with E-state index in [1.165, 1.54) is 0 Å². The van der Waals surface area contributed by atoms with Crippen molar-refractivity contribution in [1.82, 2.24) is 4.98 Å². The van der Waals surface area contributed by atoms with Gasteiger partial charge in [-0.3, -0.25) is 0 Å². The van der Waals surface area contributed by atoms with Gasteiger partial charge in [0.25, 0.3) is 0 Å². The highest BCUT2D eigenvalue weighted by atomic mass is 35.5. The number of aryl methyl sites for hydroxylation is 1. The summed E-state index contributed by atoms with van der Waals surface area (Å²) in [5.74, 6) is 0.729. The van der Waals surface area contributed by atoms with Gasteiger partial charge in [-0.1, -0.05) is 25.4 Å². The van der Waals surface area contributed by atoms with Crippen molar-refractivity contribution in [3.8, 4) is 0 Å². The van der Waals surface area contributed by atoms with E-state index in [1.54, 1.807) is 13.2 Å². The van der Waals surface area contributed by atoms with Gasteiger partial charge in [0, 0.05) is 13.2 Å². The lowest BCUT2D eigenvalue weighted by Gasteiger charge is -2.00. The number of rotatable bonds is 1. The molecule has 0 saturated heterocycles. The third-order valence-electron chi connectivity index (χ3n) is 1.21. The fourth-order valence-corrected chi connectivity index (χ4v) is 1.03. The largest absolute Gasteiger partial charge is 0.372 e. The Balaban J connectivity index is 0.000000561. The van der Waals surface area contributed by atoms with Crippen molar-refractivity contribution >= 4 is 17.4 Å². The molecule has 68 valence electrons. The zero-order valence-electron chi connectivity index (χ0n) is 7.98. The summed E-state index contributed by atoms with van der Waals surface area (Å²) in [4.78, 5) is 4.05. The first-order valence-corrected chi connectivity index (χ1v) is 4.41. The summed E-state index contributed by atoms with van der Waals surface area (Å²) in [5.41, 5.74) is 1.07. The van der Waals surface area contributed by atoms with Crippen LogP contribution in [-0.4, -0.2) is 12.0 Å². The van der Waals surface area contributed by atoms with Crippen molar-refractivity contribution in [2.75, 3.05) is 12.4 Å². The molecule has 1 heterocycles. The van der Waals surface area contributed by atoms with Crippen molar-refractivity contribution < 1.29 is 0 Å². The van der Waals surface area contributed by atoms with E-state index in [2.05, 4.69) is 10.3 Å². The number of aromatic nitrogens is 1. The van der Waals surface area contributed by atoms with Crippen LogP contribution in [0.2, 0.25) is 5.02 Å². The lowest BCUT2D eigenvalue weighted by Crippen LogP contribution is -1.92. The van der Waals surface area contributed by atoms with Crippen LogP contribution in [0, 0.1) is 6.92 Å². The highest BCUT2D eigenvalue weighted by Gasteiger charge is 1.96. The minimum Gasteiger partial charge on any atom is -0.372 e. The monoisotopic (exact) mass is 186 g/mol. The molecule has 0 aliphatic rings. The highest BCUT2D eigenvalue weighted by Crippen LogP contribution is 2.18. The molecule has 0 aliphatic heterocycles. The molecule has 1 N–H and O–H groups in total. The molecular weight excluding hydrogens is 172 g/mol. The van der Waals surface area contributed by atoms with Crippen LogP contribution in [0.4, 0.5) is 5.82 Å². The van der Waals surface area contributed by atoms with Crippen molar-refractivity contribution in [2.24, 2.45) is 0 Å². The molecule has 0 bridgehead atoms. The van der Waals surface area contributed by atoms with Crippen LogP contribution in [0.25, 0.3) is 0 Å². The second-order valence-electron chi connectivity index (χ2n) is 2.09. The first kappa shape index (κ1) is 11.2. The van der Waals surface area contributed by atoms with Gasteiger partial charge >= 0.3 is 0 Å². The molecule has 3 heteroatoms. The van der Waals surface area contributed by atoms with E-state index in [0.717, 1.165) is 11.4 Å². The lowest BCUT2D eigenvalue weighted by molar-refractivity contribution is 1.24. The number of pyridine rings is 1. The average molecular weight is 187 g/mol. The van der Waals surface area contributed by atoms with Gasteiger partial charge in [-0.05, 0) is 18.6 Å². The third-order valence-corrected chi connectivity index (χ3v) is 1.50. The molecule has 0 atom stereocenters. The standard InChI is InChI=1S/C7H9ClN2.C2H6/c1-5-3-6(8)7(9-2)10-4-5;1-2/h3-4H,1-2H3,(H,9,10);1-2H3. The Morgan fingerprint density at radius 2 is 2.00 bits per heavy atom. The minimum atomic E-state index is 0.669. The van der Waals surface area contributed by atoms with E-state index in [0.29, 0.717) is 5.02 Å². The van der Waals surface area contributed by atoms with E-state index < -0.39 is 0 Å². The maximum absolute atomic E-state index is 5.80. The summed E-state index contributed by atoms with van der Waals surface area (Å²) in [7, 11) is 1.80. The molecule has 0 unspecified atom stereocenters. The molecule has 0 fully saturated rings. The summed E-state index contributed by atoms with van der Waals surface area (Å²) in [6.07, 6.45) is 1.78. The van der Waals surface area contributed by atoms with Crippen LogP contribution >= 0.6 is 11.6 Å². The first-order valence-electron chi connectivity index (χ1n) is 4.04. The molecule has 0 aromatic carbocycles. The molecule has 0 saturated carbocycles. The number of halogens is 1. The van der Waals surface area contributed by atoms with Crippen molar-refractivity contribution in [3.63, 3.8) is 0 Å². The number of nitrogens with zero attached hydrogens (tertiary/aromatic N) is 1. The smallest absolute Gasteiger partial charge is 0.144 e. The third kappa shape index (κ3) is 3.09. The molecule has 0 aliphatic carbocycles. The Hall–Kier alpha value is -0.760. The Bertz CT molecular complexity index is 236. The van der Waals surface area contributed by atoms with Gasteiger partial charge in [0.15, 0.2) is 0 Å². The summed E-state index contributed by atoms with van der Waals surface area (Å²) >= 11 is 5.80. The zero-order chi connectivity index (χ0) is 9.56. The summed E-state index contributed by atoms with van der Waals surface area (Å²) in [5, 5.41) is 3.55. The SMILES string of the molecule is CC.CNc1ncc(C)cc1Cl. The molecule has 12 heavy (non-hydrogen) atoms. The van der Waals surface area contributed by atoms with Crippen LogP contribution < -0.4 is 5.32 Å². The van der Waals surface area contributed by atoms with Crippen LogP contribution in [0.3, 0.4) is 0 Å². The van der Waals surface area contributed by atoms with E-state index in [9.17, 15) is 0 Å². The Morgan fingerprint density at radius 3 is 2.42 bits per heavy atom. The van der Waals surface area contributed by atoms with Crippen molar-refractivity contribution in [3.05, 3.63) is 22.8 Å². The van der Waals surface area contributed by atoms with Gasteiger partial charge < -0.3 is 5.32 Å². The molecule has 1 rings (SSSR count). The van der Waals surface area contributed by atoms with Crippen molar-refractivity contribution in [1.29, 1.82) is 0 Å². The van der Waals surface area contributed by atoms with Crippen LogP contribution in [0.5, 0.6) is 0 Å². The van der Waals surface area contributed by atoms with Crippen molar-refractivity contribution in [2.45, 2.75) is 20.8 Å². The maximum Gasteiger partial charge on any atom is 0.144 e. The van der Waals surface area contributed by atoms with E-state index in [1.807, 2.05) is 26.8 Å². The number of anilines is 1. The number of hydrogen-bond acceptors (Lipinski definition) is 2. The van der Waals surface area contributed by atoms with Gasteiger partial charge in [-0.25, -0.2) is 4.98 Å².